The lowest BCUT2D eigenvalue weighted by Crippen LogP contribution is -2.39. The average molecular weight is 438 g/mol. The van der Waals surface area contributed by atoms with Gasteiger partial charge in [0.05, 0.1) is 36.0 Å². The fraction of sp³-hybridized carbons (Fsp3) is 0.440. The van der Waals surface area contributed by atoms with Crippen molar-refractivity contribution in [1.82, 2.24) is 0 Å². The van der Waals surface area contributed by atoms with Gasteiger partial charge in [0, 0.05) is 44.5 Å². The van der Waals surface area contributed by atoms with Gasteiger partial charge in [0.1, 0.15) is 0 Å². The van der Waals surface area contributed by atoms with Crippen LogP contribution >= 0.6 is 0 Å². The van der Waals surface area contributed by atoms with E-state index in [1.165, 1.54) is 0 Å². The molecule has 0 aliphatic carbocycles. The predicted octanol–water partition coefficient (Wildman–Crippen LogP) is 4.51. The van der Waals surface area contributed by atoms with Crippen molar-refractivity contribution in [2.75, 3.05) is 43.7 Å². The highest BCUT2D eigenvalue weighted by Gasteiger charge is 2.24. The van der Waals surface area contributed by atoms with Gasteiger partial charge in [-0.25, -0.2) is 0 Å². The molecule has 1 saturated heterocycles. The number of carboxylic acid groups (broad SMARTS) is 1. The van der Waals surface area contributed by atoms with Crippen molar-refractivity contribution in [3.63, 3.8) is 0 Å². The number of carboxylic acids is 1. The minimum atomic E-state index is -0.857. The van der Waals surface area contributed by atoms with Crippen LogP contribution in [0.3, 0.4) is 0 Å². The molecule has 0 radical (unpaired) electrons. The lowest BCUT2D eigenvalue weighted by atomic mass is 9.94. The fourth-order valence-electron chi connectivity index (χ4n) is 4.29. The third-order valence-electron chi connectivity index (χ3n) is 5.83. The minimum Gasteiger partial charge on any atom is -0.481 e. The Hall–Kier alpha value is -3.08. The molecule has 7 nitrogen and oxygen atoms in total. The van der Waals surface area contributed by atoms with E-state index in [1.807, 2.05) is 30.3 Å². The summed E-state index contributed by atoms with van der Waals surface area (Å²) in [6.07, 6.45) is 1.92. The maximum absolute atomic E-state index is 11.4. The number of nitrogens with zero attached hydrogens (tertiary/aromatic N) is 2. The lowest BCUT2D eigenvalue weighted by molar-refractivity contribution is -0.137. The van der Waals surface area contributed by atoms with Crippen LogP contribution in [0.15, 0.2) is 42.5 Å². The first-order chi connectivity index (χ1) is 15.5. The largest absolute Gasteiger partial charge is 0.481 e. The van der Waals surface area contributed by atoms with E-state index in [4.69, 9.17) is 9.47 Å². The maximum atomic E-state index is 11.4. The molecule has 7 heteroatoms. The molecule has 0 amide bonds. The van der Waals surface area contributed by atoms with Crippen LogP contribution in [0.1, 0.15) is 43.2 Å². The summed E-state index contributed by atoms with van der Waals surface area (Å²) in [7, 11) is 1.58. The molecule has 0 saturated carbocycles. The van der Waals surface area contributed by atoms with Gasteiger partial charge in [0.2, 0.25) is 0 Å². The second-order valence-corrected chi connectivity index (χ2v) is 7.97. The monoisotopic (exact) mass is 437 g/mol. The van der Waals surface area contributed by atoms with Gasteiger partial charge in [-0.2, -0.15) is 5.26 Å². The number of carbonyl (C=O) groups is 1. The number of methoxy groups -OCH3 is 1. The molecule has 32 heavy (non-hydrogen) atoms. The van der Waals surface area contributed by atoms with Gasteiger partial charge in [0.15, 0.2) is 0 Å². The number of anilines is 3. The number of hydrogen-bond donors (Lipinski definition) is 2. The molecule has 1 atom stereocenters. The van der Waals surface area contributed by atoms with Crippen LogP contribution in [-0.4, -0.2) is 50.6 Å². The van der Waals surface area contributed by atoms with Crippen LogP contribution in [-0.2, 0) is 14.3 Å². The van der Waals surface area contributed by atoms with E-state index in [-0.39, 0.29) is 12.3 Å². The van der Waals surface area contributed by atoms with Gasteiger partial charge in [-0.05, 0) is 55.7 Å². The molecule has 2 aromatic carbocycles. The first kappa shape index (κ1) is 23.6. The van der Waals surface area contributed by atoms with E-state index in [9.17, 15) is 15.2 Å². The van der Waals surface area contributed by atoms with Crippen molar-refractivity contribution >= 4 is 23.0 Å². The summed E-state index contributed by atoms with van der Waals surface area (Å²) in [5.74, 6) is -1.11. The molecular formula is C25H31N3O4. The molecule has 3 rings (SSSR count). The second-order valence-electron chi connectivity index (χ2n) is 7.97. The zero-order valence-corrected chi connectivity index (χ0v) is 18.7. The van der Waals surface area contributed by atoms with Crippen LogP contribution in [0, 0.1) is 11.3 Å². The number of nitrogens with one attached hydrogen (secondary N) is 1. The molecule has 2 aromatic rings. The summed E-state index contributed by atoms with van der Waals surface area (Å²) >= 11 is 0. The summed E-state index contributed by atoms with van der Waals surface area (Å²) in [5, 5.41) is 22.1. The molecule has 0 unspecified atom stereocenters. The van der Waals surface area contributed by atoms with Crippen LogP contribution in [0.2, 0.25) is 0 Å². The zero-order chi connectivity index (χ0) is 22.9. The third-order valence-corrected chi connectivity index (χ3v) is 5.83. The molecule has 0 aromatic heterocycles. The Labute approximate surface area is 189 Å². The molecule has 2 N–H and O–H groups in total. The summed E-state index contributed by atoms with van der Waals surface area (Å²) in [6.45, 7) is 4.81. The number of benzene rings is 2. The molecule has 170 valence electrons. The Kier molecular flexibility index (Phi) is 8.48. The standard InChI is InChI=1S/C25H31N3O4/c1-3-28(22-9-11-32-12-10-22)24-8-7-19(20(17-31-2)15-25(29)30)14-23(24)27-21-6-4-5-18(13-21)16-26/h4-8,13-14,20,22,27H,3,9-12,15,17H2,1-2H3,(H,29,30)/t20-/m0/s1. The molecule has 1 heterocycles. The minimum absolute atomic E-state index is 0.00595. The van der Waals surface area contributed by atoms with Crippen molar-refractivity contribution in [2.24, 2.45) is 0 Å². The Morgan fingerprint density at radius 3 is 2.75 bits per heavy atom. The van der Waals surface area contributed by atoms with Crippen LogP contribution < -0.4 is 10.2 Å². The number of ether oxygens (including phenoxy) is 2. The fourth-order valence-corrected chi connectivity index (χ4v) is 4.29. The molecule has 0 spiro atoms. The third kappa shape index (κ3) is 6.00. The summed E-state index contributed by atoms with van der Waals surface area (Å²) in [4.78, 5) is 13.8. The first-order valence-corrected chi connectivity index (χ1v) is 11.0. The molecule has 1 aliphatic rings. The first-order valence-electron chi connectivity index (χ1n) is 11.0. The van der Waals surface area contributed by atoms with E-state index in [0.717, 1.165) is 55.2 Å². The van der Waals surface area contributed by atoms with Crippen molar-refractivity contribution in [3.05, 3.63) is 53.6 Å². The van der Waals surface area contributed by atoms with Crippen molar-refractivity contribution in [1.29, 1.82) is 5.26 Å². The summed E-state index contributed by atoms with van der Waals surface area (Å²) in [6, 6.07) is 16.0. The van der Waals surface area contributed by atoms with E-state index in [0.29, 0.717) is 18.2 Å². The zero-order valence-electron chi connectivity index (χ0n) is 18.7. The number of aliphatic carboxylic acids is 1. The van der Waals surface area contributed by atoms with E-state index in [1.54, 1.807) is 13.2 Å². The smallest absolute Gasteiger partial charge is 0.304 e. The van der Waals surface area contributed by atoms with Crippen molar-refractivity contribution < 1.29 is 19.4 Å². The van der Waals surface area contributed by atoms with E-state index in [2.05, 4.69) is 29.3 Å². The quantitative estimate of drug-likeness (QED) is 0.565. The average Bonchev–Trinajstić information content (AvgIpc) is 2.81. The highest BCUT2D eigenvalue weighted by atomic mass is 16.5. The molecular weight excluding hydrogens is 406 g/mol. The van der Waals surface area contributed by atoms with Crippen molar-refractivity contribution in [2.45, 2.75) is 38.1 Å². The summed E-state index contributed by atoms with van der Waals surface area (Å²) in [5.41, 5.74) is 4.23. The predicted molar refractivity (Wildman–Crippen MR) is 125 cm³/mol. The number of nitriles is 1. The van der Waals surface area contributed by atoms with Gasteiger partial charge in [0.25, 0.3) is 0 Å². The second kappa shape index (κ2) is 11.5. The number of rotatable bonds is 10. The van der Waals surface area contributed by atoms with Gasteiger partial charge < -0.3 is 24.8 Å². The highest BCUT2D eigenvalue weighted by Crippen LogP contribution is 2.36. The van der Waals surface area contributed by atoms with Crippen LogP contribution in [0.25, 0.3) is 0 Å². The maximum Gasteiger partial charge on any atom is 0.304 e. The normalized spacial score (nSPS) is 15.0. The molecule has 1 aliphatic heterocycles. The highest BCUT2D eigenvalue weighted by molar-refractivity contribution is 5.77. The van der Waals surface area contributed by atoms with Crippen LogP contribution in [0.5, 0.6) is 0 Å². The number of hydrogen-bond acceptors (Lipinski definition) is 6. The Bertz CT molecular complexity index is 950. The SMILES string of the molecule is CCN(c1ccc([C@H](COC)CC(=O)O)cc1Nc1cccc(C#N)c1)C1CCOCC1. The van der Waals surface area contributed by atoms with Crippen molar-refractivity contribution in [3.8, 4) is 6.07 Å². The topological polar surface area (TPSA) is 94.8 Å². The Balaban J connectivity index is 2.02. The summed E-state index contributed by atoms with van der Waals surface area (Å²) < 4.78 is 10.9. The van der Waals surface area contributed by atoms with E-state index >= 15 is 0 Å². The van der Waals surface area contributed by atoms with Crippen LogP contribution in [0.4, 0.5) is 17.1 Å². The Morgan fingerprint density at radius 2 is 2.09 bits per heavy atom. The van der Waals surface area contributed by atoms with Gasteiger partial charge in [-0.15, -0.1) is 0 Å². The van der Waals surface area contributed by atoms with Gasteiger partial charge in [-0.3, -0.25) is 4.79 Å². The van der Waals surface area contributed by atoms with Gasteiger partial charge in [-0.1, -0.05) is 12.1 Å². The molecule has 0 bridgehead atoms. The Morgan fingerprint density at radius 1 is 1.31 bits per heavy atom. The van der Waals surface area contributed by atoms with E-state index < -0.39 is 5.97 Å². The molecule has 1 fully saturated rings. The lowest BCUT2D eigenvalue weighted by Gasteiger charge is -2.37. The van der Waals surface area contributed by atoms with Gasteiger partial charge >= 0.3 is 5.97 Å².